The second kappa shape index (κ2) is 10.4. The number of H-pyrrole nitrogens is 1. The molecule has 176 valence electrons. The average molecular weight is 465 g/mol. The Labute approximate surface area is 205 Å². The third-order valence-corrected chi connectivity index (χ3v) is 6.84. The summed E-state index contributed by atoms with van der Waals surface area (Å²) < 4.78 is 6.00. The van der Waals surface area contributed by atoms with E-state index in [-0.39, 0.29) is 12.5 Å². The van der Waals surface area contributed by atoms with Crippen LogP contribution in [0.15, 0.2) is 73.1 Å². The molecule has 1 fully saturated rings. The highest BCUT2D eigenvalue weighted by Gasteiger charge is 2.23. The summed E-state index contributed by atoms with van der Waals surface area (Å²) in [5.41, 5.74) is 5.37. The summed E-state index contributed by atoms with van der Waals surface area (Å²) in [5.74, 6) is 1.25. The molecule has 2 heterocycles. The van der Waals surface area contributed by atoms with Gasteiger partial charge in [-0.1, -0.05) is 36.4 Å². The van der Waals surface area contributed by atoms with E-state index in [0.717, 1.165) is 60.9 Å². The largest absolute Gasteiger partial charge is 0.483 e. The highest BCUT2D eigenvalue weighted by atomic mass is 16.5. The Morgan fingerprint density at radius 2 is 1.91 bits per heavy atom. The van der Waals surface area contributed by atoms with Crippen LogP contribution in [-0.2, 0) is 11.2 Å². The van der Waals surface area contributed by atoms with Gasteiger partial charge in [0.15, 0.2) is 6.61 Å². The van der Waals surface area contributed by atoms with E-state index in [2.05, 4.69) is 40.3 Å². The van der Waals surface area contributed by atoms with Gasteiger partial charge in [-0.25, -0.2) is 4.98 Å². The number of imidazole rings is 1. The van der Waals surface area contributed by atoms with Crippen molar-refractivity contribution in [3.63, 3.8) is 0 Å². The Bertz CT molecular complexity index is 1350. The molecule has 0 spiro atoms. The van der Waals surface area contributed by atoms with Crippen molar-refractivity contribution in [2.45, 2.75) is 25.7 Å². The van der Waals surface area contributed by atoms with Crippen molar-refractivity contribution in [2.75, 3.05) is 19.7 Å². The molecular formula is C29H28N4O2. The number of hydrogen-bond donors (Lipinski definition) is 1. The van der Waals surface area contributed by atoms with Crippen molar-refractivity contribution in [1.29, 1.82) is 5.26 Å². The monoisotopic (exact) mass is 464 g/mol. The normalized spacial score (nSPS) is 14.1. The van der Waals surface area contributed by atoms with Crippen molar-refractivity contribution in [2.24, 2.45) is 5.92 Å². The lowest BCUT2D eigenvalue weighted by molar-refractivity contribution is -0.134. The number of nitrogens with one attached hydrogen (secondary N) is 1. The lowest BCUT2D eigenvalue weighted by Crippen LogP contribution is -2.41. The number of aryl methyl sites for hydroxylation is 1. The number of nitrogens with zero attached hydrogens (tertiary/aromatic N) is 3. The number of carbonyl (C=O) groups excluding carboxylic acids is 1. The van der Waals surface area contributed by atoms with Crippen molar-refractivity contribution >= 4 is 16.9 Å². The third-order valence-electron chi connectivity index (χ3n) is 6.84. The van der Waals surface area contributed by atoms with Gasteiger partial charge in [0.2, 0.25) is 0 Å². The molecule has 0 unspecified atom stereocenters. The Hall–Kier alpha value is -4.11. The van der Waals surface area contributed by atoms with Gasteiger partial charge in [-0.3, -0.25) is 4.79 Å². The zero-order valence-corrected chi connectivity index (χ0v) is 19.6. The number of amides is 1. The number of aromatic amines is 1. The number of hydrogen-bond acceptors (Lipinski definition) is 4. The van der Waals surface area contributed by atoms with E-state index in [0.29, 0.717) is 17.2 Å². The molecule has 0 bridgehead atoms. The summed E-state index contributed by atoms with van der Waals surface area (Å²) in [7, 11) is 0. The molecule has 1 aliphatic heterocycles. The Morgan fingerprint density at radius 3 is 2.71 bits per heavy atom. The van der Waals surface area contributed by atoms with Gasteiger partial charge in [0, 0.05) is 18.7 Å². The lowest BCUT2D eigenvalue weighted by Gasteiger charge is -2.32. The zero-order valence-electron chi connectivity index (χ0n) is 19.6. The molecular weight excluding hydrogens is 436 g/mol. The van der Waals surface area contributed by atoms with Crippen LogP contribution in [0.2, 0.25) is 0 Å². The minimum absolute atomic E-state index is 0.00423. The van der Waals surface area contributed by atoms with Crippen molar-refractivity contribution in [3.05, 3.63) is 84.2 Å². The van der Waals surface area contributed by atoms with Crippen LogP contribution in [0, 0.1) is 17.2 Å². The summed E-state index contributed by atoms with van der Waals surface area (Å²) in [6.45, 7) is 1.54. The molecule has 0 aliphatic carbocycles. The number of likely N-dealkylation sites (tertiary alicyclic amines) is 1. The zero-order chi connectivity index (χ0) is 24.0. The van der Waals surface area contributed by atoms with Gasteiger partial charge < -0.3 is 14.6 Å². The predicted molar refractivity (Wildman–Crippen MR) is 136 cm³/mol. The quantitative estimate of drug-likeness (QED) is 0.400. The number of benzene rings is 3. The maximum atomic E-state index is 12.9. The molecule has 1 saturated heterocycles. The number of piperidine rings is 1. The lowest BCUT2D eigenvalue weighted by atomic mass is 9.90. The number of ether oxygens (including phenoxy) is 1. The standard InChI is InChI=1S/C29H28N4O2/c30-18-23-8-11-28(25(16-23)24-9-10-26-27(17-24)32-20-31-26)35-19-29(34)33-14-12-22(13-15-33)7-6-21-4-2-1-3-5-21/h1-5,8-11,16-17,20,22H,6-7,12-15,19H2,(H,31,32). The van der Waals surface area contributed by atoms with Gasteiger partial charge in [0.05, 0.1) is 29.0 Å². The van der Waals surface area contributed by atoms with Crippen LogP contribution in [0.4, 0.5) is 0 Å². The smallest absolute Gasteiger partial charge is 0.260 e. The fraction of sp³-hybridized carbons (Fsp3) is 0.276. The van der Waals surface area contributed by atoms with Crippen LogP contribution in [-0.4, -0.2) is 40.5 Å². The molecule has 0 radical (unpaired) electrons. The van der Waals surface area contributed by atoms with Gasteiger partial charge in [0.1, 0.15) is 5.75 Å². The molecule has 3 aromatic carbocycles. The molecule has 35 heavy (non-hydrogen) atoms. The summed E-state index contributed by atoms with van der Waals surface area (Å²) in [4.78, 5) is 22.2. The molecule has 6 nitrogen and oxygen atoms in total. The van der Waals surface area contributed by atoms with Crippen molar-refractivity contribution in [3.8, 4) is 22.9 Å². The molecule has 1 aliphatic rings. The van der Waals surface area contributed by atoms with Gasteiger partial charge >= 0.3 is 0 Å². The Morgan fingerprint density at radius 1 is 1.09 bits per heavy atom. The number of fused-ring (bicyclic) bond motifs is 1. The van der Waals surface area contributed by atoms with E-state index in [4.69, 9.17) is 4.74 Å². The second-order valence-corrected chi connectivity index (χ2v) is 9.09. The second-order valence-electron chi connectivity index (χ2n) is 9.09. The molecule has 6 heteroatoms. The fourth-order valence-electron chi connectivity index (χ4n) is 4.77. The van der Waals surface area contributed by atoms with Gasteiger partial charge in [-0.2, -0.15) is 5.26 Å². The average Bonchev–Trinajstić information content (AvgIpc) is 3.39. The van der Waals surface area contributed by atoms with E-state index in [9.17, 15) is 10.1 Å². The van der Waals surface area contributed by atoms with Crippen LogP contribution in [0.5, 0.6) is 5.75 Å². The first kappa shape index (κ1) is 22.7. The first-order chi connectivity index (χ1) is 17.2. The first-order valence-electron chi connectivity index (χ1n) is 12.1. The number of nitriles is 1. The fourth-order valence-corrected chi connectivity index (χ4v) is 4.77. The molecule has 0 atom stereocenters. The maximum absolute atomic E-state index is 12.9. The third kappa shape index (κ3) is 5.36. The van der Waals surface area contributed by atoms with Gasteiger partial charge in [-0.15, -0.1) is 0 Å². The van der Waals surface area contributed by atoms with Gasteiger partial charge in [-0.05, 0) is 73.1 Å². The topological polar surface area (TPSA) is 82.0 Å². The summed E-state index contributed by atoms with van der Waals surface area (Å²) in [6, 6.07) is 23.9. The van der Waals surface area contributed by atoms with Crippen molar-refractivity contribution in [1.82, 2.24) is 14.9 Å². The maximum Gasteiger partial charge on any atom is 0.260 e. The Kier molecular flexibility index (Phi) is 6.76. The highest BCUT2D eigenvalue weighted by molar-refractivity contribution is 5.84. The van der Waals surface area contributed by atoms with E-state index < -0.39 is 0 Å². The van der Waals surface area contributed by atoms with Crippen LogP contribution in [0.3, 0.4) is 0 Å². The van der Waals surface area contributed by atoms with Gasteiger partial charge in [0.25, 0.3) is 5.91 Å². The molecule has 4 aromatic rings. The number of rotatable bonds is 7. The molecule has 1 N–H and O–H groups in total. The summed E-state index contributed by atoms with van der Waals surface area (Å²) >= 11 is 0. The minimum Gasteiger partial charge on any atom is -0.483 e. The van der Waals surface area contributed by atoms with E-state index in [1.165, 1.54) is 5.56 Å². The number of carbonyl (C=O) groups is 1. The van der Waals surface area contributed by atoms with Crippen LogP contribution in [0.1, 0.15) is 30.4 Å². The van der Waals surface area contributed by atoms with E-state index in [1.54, 1.807) is 24.5 Å². The van der Waals surface area contributed by atoms with Crippen LogP contribution >= 0.6 is 0 Å². The van der Waals surface area contributed by atoms with E-state index in [1.807, 2.05) is 29.2 Å². The van der Waals surface area contributed by atoms with Crippen LogP contribution in [0.25, 0.3) is 22.2 Å². The first-order valence-corrected chi connectivity index (χ1v) is 12.1. The molecule has 1 aromatic heterocycles. The van der Waals surface area contributed by atoms with Crippen LogP contribution < -0.4 is 4.74 Å². The predicted octanol–water partition coefficient (Wildman–Crippen LogP) is 5.35. The minimum atomic E-state index is -0.0156. The summed E-state index contributed by atoms with van der Waals surface area (Å²) in [5, 5.41) is 9.38. The van der Waals surface area contributed by atoms with E-state index >= 15 is 0 Å². The summed E-state index contributed by atoms with van der Waals surface area (Å²) in [6.07, 6.45) is 5.97. The SMILES string of the molecule is N#Cc1ccc(OCC(=O)N2CCC(CCc3ccccc3)CC2)c(-c2ccc3[nH]cnc3c2)c1. The molecule has 1 amide bonds. The Balaban J connectivity index is 1.19. The number of aromatic nitrogens is 2. The molecule has 0 saturated carbocycles. The highest BCUT2D eigenvalue weighted by Crippen LogP contribution is 2.33. The van der Waals surface area contributed by atoms with Crippen molar-refractivity contribution < 1.29 is 9.53 Å². The molecule has 5 rings (SSSR count).